The molecular weight excluding hydrogens is 382 g/mol. The minimum atomic E-state index is -1.04. The van der Waals surface area contributed by atoms with Crippen molar-refractivity contribution in [3.63, 3.8) is 0 Å². The topological polar surface area (TPSA) is 122 Å². The van der Waals surface area contributed by atoms with Crippen LogP contribution in [-0.2, 0) is 0 Å². The Hall–Kier alpha value is -3.04. The fourth-order valence-corrected chi connectivity index (χ4v) is 2.88. The molecular formula is C16H10ClN3O5S. The Morgan fingerprint density at radius 2 is 1.96 bits per heavy atom. The molecule has 132 valence electrons. The second-order valence-electron chi connectivity index (χ2n) is 4.93. The van der Waals surface area contributed by atoms with Crippen molar-refractivity contribution in [3.8, 4) is 5.88 Å². The lowest BCUT2D eigenvalue weighted by Crippen LogP contribution is -2.14. The van der Waals surface area contributed by atoms with Crippen LogP contribution in [0.15, 0.2) is 55.6 Å². The number of benzene rings is 1. The fraction of sp³-hybridized carbons (Fsp3) is 0. The molecule has 0 radical (unpaired) electrons. The number of aromatic amines is 1. The molecule has 0 saturated carbocycles. The first kappa shape index (κ1) is 17.8. The summed E-state index contributed by atoms with van der Waals surface area (Å²) >= 11 is 7.24. The summed E-state index contributed by atoms with van der Waals surface area (Å²) in [5.74, 6) is -0.514. The standard InChI is InChI=1S/C16H10ClN3O5S/c17-9-1-5-11(6-2-9)26-13-8-4-10(25-13)3-7-12-18-15(21)14(20(23)24)16(22)19-12/h1-8H,(H2,18,19,21,22). The Labute approximate surface area is 155 Å². The molecule has 3 rings (SSSR count). The van der Waals surface area contributed by atoms with Gasteiger partial charge in [-0.3, -0.25) is 14.9 Å². The number of nitro groups is 1. The Bertz CT molecular complexity index is 1040. The molecule has 10 heteroatoms. The highest BCUT2D eigenvalue weighted by Gasteiger charge is 2.21. The van der Waals surface area contributed by atoms with Crippen molar-refractivity contribution in [2.45, 2.75) is 9.99 Å². The SMILES string of the molecule is O=c1[nH]c(C=Cc2ccc(Sc3ccc(Cl)cc3)o2)nc(O)c1[N+](=O)[O-]. The second kappa shape index (κ2) is 7.46. The van der Waals surface area contributed by atoms with E-state index in [1.807, 2.05) is 12.1 Å². The quantitative estimate of drug-likeness (QED) is 0.498. The van der Waals surface area contributed by atoms with Crippen molar-refractivity contribution in [1.82, 2.24) is 9.97 Å². The van der Waals surface area contributed by atoms with Gasteiger partial charge in [-0.15, -0.1) is 0 Å². The molecule has 0 saturated heterocycles. The van der Waals surface area contributed by atoms with Crippen LogP contribution in [0.3, 0.4) is 0 Å². The van der Waals surface area contributed by atoms with Crippen LogP contribution in [0.25, 0.3) is 12.2 Å². The van der Waals surface area contributed by atoms with Gasteiger partial charge in [-0.25, -0.2) is 0 Å². The minimum absolute atomic E-state index is 0.0404. The summed E-state index contributed by atoms with van der Waals surface area (Å²) in [7, 11) is 0. The van der Waals surface area contributed by atoms with Crippen LogP contribution in [-0.4, -0.2) is 20.0 Å². The maximum Gasteiger partial charge on any atom is 0.395 e. The van der Waals surface area contributed by atoms with Gasteiger partial charge >= 0.3 is 11.2 Å². The normalized spacial score (nSPS) is 11.1. The van der Waals surface area contributed by atoms with E-state index in [0.29, 0.717) is 15.9 Å². The van der Waals surface area contributed by atoms with Gasteiger partial charge in [0.05, 0.1) is 4.92 Å². The van der Waals surface area contributed by atoms with Crippen molar-refractivity contribution in [2.24, 2.45) is 0 Å². The first-order chi connectivity index (χ1) is 12.4. The molecule has 3 aromatic rings. The van der Waals surface area contributed by atoms with Gasteiger partial charge in [-0.1, -0.05) is 23.4 Å². The third kappa shape index (κ3) is 4.13. The zero-order valence-electron chi connectivity index (χ0n) is 12.9. The minimum Gasteiger partial charge on any atom is -0.488 e. The number of nitrogens with zero attached hydrogens (tertiary/aromatic N) is 2. The van der Waals surface area contributed by atoms with E-state index >= 15 is 0 Å². The zero-order chi connectivity index (χ0) is 18.7. The number of halogens is 1. The smallest absolute Gasteiger partial charge is 0.395 e. The fourth-order valence-electron chi connectivity index (χ4n) is 1.97. The summed E-state index contributed by atoms with van der Waals surface area (Å²) in [6, 6.07) is 10.7. The average Bonchev–Trinajstić information content (AvgIpc) is 3.01. The summed E-state index contributed by atoms with van der Waals surface area (Å²) in [4.78, 5) is 27.9. The van der Waals surface area contributed by atoms with E-state index < -0.39 is 22.0 Å². The Kier molecular flexibility index (Phi) is 5.10. The number of aromatic nitrogens is 2. The van der Waals surface area contributed by atoms with E-state index in [0.717, 1.165) is 4.90 Å². The molecule has 1 aromatic carbocycles. The summed E-state index contributed by atoms with van der Waals surface area (Å²) in [5.41, 5.74) is -2.04. The van der Waals surface area contributed by atoms with Crippen molar-refractivity contribution >= 4 is 41.2 Å². The summed E-state index contributed by atoms with van der Waals surface area (Å²) in [5, 5.41) is 21.4. The van der Waals surface area contributed by atoms with Crippen LogP contribution in [0.1, 0.15) is 11.6 Å². The molecule has 2 N–H and O–H groups in total. The van der Waals surface area contributed by atoms with Gasteiger partial charge in [0.25, 0.3) is 5.88 Å². The van der Waals surface area contributed by atoms with E-state index in [1.54, 1.807) is 24.3 Å². The summed E-state index contributed by atoms with van der Waals surface area (Å²) in [6.45, 7) is 0. The van der Waals surface area contributed by atoms with Crippen LogP contribution in [0.5, 0.6) is 5.88 Å². The van der Waals surface area contributed by atoms with Crippen molar-refractivity contribution in [3.05, 3.63) is 73.5 Å². The van der Waals surface area contributed by atoms with Crippen LogP contribution in [0, 0.1) is 10.1 Å². The van der Waals surface area contributed by atoms with Gasteiger partial charge in [0, 0.05) is 9.92 Å². The van der Waals surface area contributed by atoms with Gasteiger partial charge in [0.1, 0.15) is 11.6 Å². The Morgan fingerprint density at radius 3 is 2.62 bits per heavy atom. The highest BCUT2D eigenvalue weighted by Crippen LogP contribution is 2.30. The number of nitrogens with one attached hydrogen (secondary N) is 1. The lowest BCUT2D eigenvalue weighted by Gasteiger charge is -1.98. The predicted octanol–water partition coefficient (Wildman–Crippen LogP) is 3.95. The van der Waals surface area contributed by atoms with E-state index in [9.17, 15) is 20.0 Å². The first-order valence-electron chi connectivity index (χ1n) is 7.11. The van der Waals surface area contributed by atoms with E-state index in [2.05, 4.69) is 9.97 Å². The average molecular weight is 392 g/mol. The molecule has 0 bridgehead atoms. The maximum atomic E-state index is 11.6. The highest BCUT2D eigenvalue weighted by molar-refractivity contribution is 7.99. The van der Waals surface area contributed by atoms with Gasteiger partial charge in [-0.05, 0) is 48.6 Å². The molecule has 26 heavy (non-hydrogen) atoms. The zero-order valence-corrected chi connectivity index (χ0v) is 14.5. The van der Waals surface area contributed by atoms with Crippen LogP contribution >= 0.6 is 23.4 Å². The van der Waals surface area contributed by atoms with E-state index in [1.165, 1.54) is 23.9 Å². The Morgan fingerprint density at radius 1 is 1.23 bits per heavy atom. The van der Waals surface area contributed by atoms with Gasteiger partial charge in [-0.2, -0.15) is 4.98 Å². The number of aromatic hydroxyl groups is 1. The molecule has 8 nitrogen and oxygen atoms in total. The number of H-pyrrole nitrogens is 1. The maximum absolute atomic E-state index is 11.6. The van der Waals surface area contributed by atoms with Gasteiger partial charge in [0.2, 0.25) is 0 Å². The van der Waals surface area contributed by atoms with E-state index in [4.69, 9.17) is 16.0 Å². The van der Waals surface area contributed by atoms with Crippen LogP contribution in [0.4, 0.5) is 5.69 Å². The van der Waals surface area contributed by atoms with Crippen molar-refractivity contribution < 1.29 is 14.4 Å². The molecule has 0 atom stereocenters. The molecule has 0 fully saturated rings. The summed E-state index contributed by atoms with van der Waals surface area (Å²) in [6.07, 6.45) is 2.87. The second-order valence-corrected chi connectivity index (χ2v) is 6.44. The summed E-state index contributed by atoms with van der Waals surface area (Å²) < 4.78 is 5.61. The molecule has 0 unspecified atom stereocenters. The molecule has 0 aliphatic rings. The highest BCUT2D eigenvalue weighted by atomic mass is 35.5. The van der Waals surface area contributed by atoms with Gasteiger partial charge in [0.15, 0.2) is 5.09 Å². The predicted molar refractivity (Wildman–Crippen MR) is 96.4 cm³/mol. The first-order valence-corrected chi connectivity index (χ1v) is 8.31. The monoisotopic (exact) mass is 391 g/mol. The molecule has 0 aliphatic heterocycles. The lowest BCUT2D eigenvalue weighted by molar-refractivity contribution is -0.387. The molecule has 2 aromatic heterocycles. The van der Waals surface area contributed by atoms with Crippen molar-refractivity contribution in [2.75, 3.05) is 0 Å². The number of furan rings is 1. The molecule has 2 heterocycles. The lowest BCUT2D eigenvalue weighted by atomic mass is 10.4. The van der Waals surface area contributed by atoms with E-state index in [-0.39, 0.29) is 5.82 Å². The number of rotatable bonds is 5. The van der Waals surface area contributed by atoms with Crippen LogP contribution < -0.4 is 5.56 Å². The van der Waals surface area contributed by atoms with Crippen LogP contribution in [0.2, 0.25) is 5.02 Å². The number of hydrogen-bond donors (Lipinski definition) is 2. The molecule has 0 aliphatic carbocycles. The third-order valence-electron chi connectivity index (χ3n) is 3.12. The molecule has 0 amide bonds. The molecule has 0 spiro atoms. The van der Waals surface area contributed by atoms with Gasteiger partial charge < -0.3 is 14.5 Å². The third-order valence-corrected chi connectivity index (χ3v) is 4.30. The largest absolute Gasteiger partial charge is 0.488 e. The Balaban J connectivity index is 1.75. The van der Waals surface area contributed by atoms with Crippen molar-refractivity contribution in [1.29, 1.82) is 0 Å². The number of hydrogen-bond acceptors (Lipinski definition) is 7.